The smallest absolute Gasteiger partial charge is 0.410 e. The first-order valence-corrected chi connectivity index (χ1v) is 11.3. The molecule has 10 heteroatoms. The number of hydrogen-bond acceptors (Lipinski definition) is 5. The number of carbonyl (C=O) groups is 2. The Morgan fingerprint density at radius 2 is 1.72 bits per heavy atom. The molecule has 3 N–H and O–H groups in total. The van der Waals surface area contributed by atoms with E-state index in [9.17, 15) is 18.0 Å². The monoisotopic (exact) mass is 427 g/mol. The Hall–Kier alpha value is -2.17. The Labute approximate surface area is 172 Å². The van der Waals surface area contributed by atoms with Gasteiger partial charge in [0.05, 0.1) is 37.7 Å². The lowest BCUT2D eigenvalue weighted by Gasteiger charge is -2.34. The molecule has 0 radical (unpaired) electrons. The summed E-state index contributed by atoms with van der Waals surface area (Å²) in [4.78, 5) is 27.3. The van der Waals surface area contributed by atoms with E-state index in [1.807, 2.05) is 6.92 Å². The van der Waals surface area contributed by atoms with Crippen molar-refractivity contribution in [2.45, 2.75) is 44.7 Å². The maximum Gasteiger partial charge on any atom is 0.410 e. The van der Waals surface area contributed by atoms with E-state index >= 15 is 0 Å². The fourth-order valence-corrected chi connectivity index (χ4v) is 4.41. The molecular formula is C19H31N4O5S+. The van der Waals surface area contributed by atoms with Crippen LogP contribution in [0, 0.1) is 0 Å². The van der Waals surface area contributed by atoms with Crippen LogP contribution in [-0.4, -0.2) is 70.2 Å². The summed E-state index contributed by atoms with van der Waals surface area (Å²) in [6.45, 7) is 9.87. The second kappa shape index (κ2) is 10.0. The van der Waals surface area contributed by atoms with Crippen molar-refractivity contribution in [2.75, 3.05) is 38.1 Å². The van der Waals surface area contributed by atoms with E-state index in [1.165, 1.54) is 12.1 Å². The van der Waals surface area contributed by atoms with Crippen LogP contribution in [0.5, 0.6) is 0 Å². The highest BCUT2D eigenvalue weighted by atomic mass is 32.2. The molecule has 1 saturated heterocycles. The zero-order valence-electron chi connectivity index (χ0n) is 17.4. The standard InChI is InChI=1S/C19H30N4O5S/c1-5-28-19(25)23-12-10-22(11-13-23)15(4)18(24)20-16-6-8-17(9-7-16)29(26,27)21-14(2)3/h6-9,14-15,21H,5,10-13H2,1-4H3,(H,20,24)/p+1/t15-/m0/s1. The quantitative estimate of drug-likeness (QED) is 0.570. The van der Waals surface area contributed by atoms with Gasteiger partial charge in [-0.25, -0.2) is 17.9 Å². The first-order chi connectivity index (χ1) is 13.6. The van der Waals surface area contributed by atoms with Crippen LogP contribution in [0.2, 0.25) is 0 Å². The van der Waals surface area contributed by atoms with Crippen molar-refractivity contribution in [1.82, 2.24) is 9.62 Å². The number of ether oxygens (including phenoxy) is 1. The maximum atomic E-state index is 12.6. The molecule has 162 valence electrons. The van der Waals surface area contributed by atoms with Crippen molar-refractivity contribution in [1.29, 1.82) is 0 Å². The summed E-state index contributed by atoms with van der Waals surface area (Å²) >= 11 is 0. The summed E-state index contributed by atoms with van der Waals surface area (Å²) in [5.41, 5.74) is 0.537. The minimum Gasteiger partial charge on any atom is -0.450 e. The highest BCUT2D eigenvalue weighted by molar-refractivity contribution is 7.89. The molecule has 1 heterocycles. The van der Waals surface area contributed by atoms with Gasteiger partial charge in [-0.05, 0) is 52.0 Å². The predicted octanol–water partition coefficient (Wildman–Crippen LogP) is 0.0573. The van der Waals surface area contributed by atoms with Crippen LogP contribution >= 0.6 is 0 Å². The van der Waals surface area contributed by atoms with Crippen molar-refractivity contribution in [3.63, 3.8) is 0 Å². The van der Waals surface area contributed by atoms with Crippen LogP contribution < -0.4 is 14.9 Å². The number of anilines is 1. The van der Waals surface area contributed by atoms with Crippen LogP contribution in [-0.2, 0) is 19.6 Å². The van der Waals surface area contributed by atoms with Gasteiger partial charge in [0.1, 0.15) is 0 Å². The number of rotatable bonds is 7. The van der Waals surface area contributed by atoms with Crippen molar-refractivity contribution in [3.8, 4) is 0 Å². The zero-order chi connectivity index (χ0) is 21.6. The lowest BCUT2D eigenvalue weighted by atomic mass is 10.2. The van der Waals surface area contributed by atoms with Gasteiger partial charge in [0.15, 0.2) is 6.04 Å². The van der Waals surface area contributed by atoms with Gasteiger partial charge in [0.25, 0.3) is 5.91 Å². The number of hydrogen-bond donors (Lipinski definition) is 3. The van der Waals surface area contributed by atoms with Crippen LogP contribution in [0.4, 0.5) is 10.5 Å². The summed E-state index contributed by atoms with van der Waals surface area (Å²) in [6, 6.07) is 5.59. The van der Waals surface area contributed by atoms with E-state index in [1.54, 1.807) is 37.8 Å². The second-order valence-corrected chi connectivity index (χ2v) is 9.07. The second-order valence-electron chi connectivity index (χ2n) is 7.36. The van der Waals surface area contributed by atoms with Gasteiger partial charge in [-0.3, -0.25) is 9.69 Å². The molecule has 9 nitrogen and oxygen atoms in total. The molecule has 2 rings (SSSR count). The van der Waals surface area contributed by atoms with Crippen molar-refractivity contribution >= 4 is 27.7 Å². The average molecular weight is 428 g/mol. The minimum absolute atomic E-state index is 0.151. The third-order valence-corrected chi connectivity index (χ3v) is 6.43. The maximum absolute atomic E-state index is 12.6. The number of quaternary nitrogens is 1. The topological polar surface area (TPSA) is 109 Å². The third-order valence-electron chi connectivity index (χ3n) is 4.76. The van der Waals surface area contributed by atoms with E-state index < -0.39 is 10.0 Å². The fraction of sp³-hybridized carbons (Fsp3) is 0.579. The van der Waals surface area contributed by atoms with Gasteiger partial charge in [-0.15, -0.1) is 0 Å². The number of nitrogens with one attached hydrogen (secondary N) is 3. The normalized spacial score (nSPS) is 16.5. The van der Waals surface area contributed by atoms with E-state index in [0.29, 0.717) is 38.5 Å². The van der Waals surface area contributed by atoms with E-state index in [4.69, 9.17) is 4.74 Å². The van der Waals surface area contributed by atoms with Gasteiger partial charge in [0, 0.05) is 11.7 Å². The number of sulfonamides is 1. The van der Waals surface area contributed by atoms with Crippen molar-refractivity contribution in [3.05, 3.63) is 24.3 Å². The third kappa shape index (κ3) is 6.41. The van der Waals surface area contributed by atoms with Gasteiger partial charge >= 0.3 is 6.09 Å². The minimum atomic E-state index is -3.56. The molecule has 1 aromatic rings. The molecule has 29 heavy (non-hydrogen) atoms. The Morgan fingerprint density at radius 3 is 2.24 bits per heavy atom. The molecule has 0 aromatic heterocycles. The lowest BCUT2D eigenvalue weighted by Crippen LogP contribution is -3.19. The zero-order valence-corrected chi connectivity index (χ0v) is 18.2. The molecule has 0 unspecified atom stereocenters. The lowest BCUT2D eigenvalue weighted by molar-refractivity contribution is -0.917. The van der Waals surface area contributed by atoms with Crippen LogP contribution in [0.3, 0.4) is 0 Å². The Balaban J connectivity index is 1.91. The number of piperazine rings is 1. The summed E-state index contributed by atoms with van der Waals surface area (Å²) in [5, 5.41) is 2.83. The Kier molecular flexibility index (Phi) is 8.00. The Morgan fingerprint density at radius 1 is 1.14 bits per heavy atom. The van der Waals surface area contributed by atoms with Gasteiger partial charge in [0.2, 0.25) is 10.0 Å². The summed E-state index contributed by atoms with van der Waals surface area (Å²) in [7, 11) is -3.56. The molecule has 0 bridgehead atoms. The molecule has 1 aromatic carbocycles. The van der Waals surface area contributed by atoms with E-state index in [-0.39, 0.29) is 29.0 Å². The summed E-state index contributed by atoms with van der Waals surface area (Å²) < 4.78 is 31.9. The molecule has 0 saturated carbocycles. The largest absolute Gasteiger partial charge is 0.450 e. The van der Waals surface area contributed by atoms with Crippen molar-refractivity contribution in [2.24, 2.45) is 0 Å². The first-order valence-electron chi connectivity index (χ1n) is 9.83. The van der Waals surface area contributed by atoms with Gasteiger partial charge in [-0.2, -0.15) is 0 Å². The Bertz CT molecular complexity index is 802. The van der Waals surface area contributed by atoms with Gasteiger partial charge < -0.3 is 15.0 Å². The number of amides is 2. The van der Waals surface area contributed by atoms with Crippen LogP contribution in [0.1, 0.15) is 27.7 Å². The summed E-state index contributed by atoms with van der Waals surface area (Å²) in [6.07, 6.45) is -0.314. The van der Waals surface area contributed by atoms with Crippen molar-refractivity contribution < 1.29 is 27.6 Å². The molecule has 1 aliphatic rings. The SMILES string of the molecule is CCOC(=O)N1CC[NH+]([C@@H](C)C(=O)Nc2ccc(S(=O)(=O)NC(C)C)cc2)CC1. The molecule has 0 aliphatic carbocycles. The molecule has 1 aliphatic heterocycles. The van der Waals surface area contributed by atoms with Crippen LogP contribution in [0.25, 0.3) is 0 Å². The fourth-order valence-electron chi connectivity index (χ4n) is 3.16. The highest BCUT2D eigenvalue weighted by Crippen LogP contribution is 2.14. The van der Waals surface area contributed by atoms with E-state index in [2.05, 4.69) is 10.0 Å². The molecular weight excluding hydrogens is 396 g/mol. The van der Waals surface area contributed by atoms with E-state index in [0.717, 1.165) is 4.90 Å². The molecule has 2 amide bonds. The van der Waals surface area contributed by atoms with Crippen LogP contribution in [0.15, 0.2) is 29.2 Å². The molecule has 0 spiro atoms. The first kappa shape index (κ1) is 23.1. The number of carbonyl (C=O) groups excluding carboxylic acids is 2. The average Bonchev–Trinajstić information content (AvgIpc) is 2.67. The number of benzene rings is 1. The summed E-state index contributed by atoms with van der Waals surface area (Å²) in [5.74, 6) is -0.152. The predicted molar refractivity (Wildman–Crippen MR) is 109 cm³/mol. The molecule has 1 fully saturated rings. The molecule has 1 atom stereocenters. The highest BCUT2D eigenvalue weighted by Gasteiger charge is 2.31. The van der Waals surface area contributed by atoms with Gasteiger partial charge in [-0.1, -0.05) is 0 Å². The number of nitrogens with zero attached hydrogens (tertiary/aromatic N) is 1.